The summed E-state index contributed by atoms with van der Waals surface area (Å²) in [6.07, 6.45) is 2.99. The summed E-state index contributed by atoms with van der Waals surface area (Å²) >= 11 is 0. The number of anilines is 1. The SMILES string of the molecule is CC(=O)O.COCc1cc([C@H](Nc2ccc(C(=N)N)cc2)c2nn(-c3ncccn3)c(=O)[nH]2)cc(OC)c1F. The van der Waals surface area contributed by atoms with Crippen LogP contribution in [0, 0.1) is 11.2 Å². The van der Waals surface area contributed by atoms with Crippen molar-refractivity contribution >= 4 is 17.5 Å². The highest BCUT2D eigenvalue weighted by molar-refractivity contribution is 5.95. The van der Waals surface area contributed by atoms with Crippen LogP contribution in [-0.2, 0) is 16.1 Å². The number of carboxylic acids is 1. The van der Waals surface area contributed by atoms with Crippen LogP contribution in [0.5, 0.6) is 5.75 Å². The van der Waals surface area contributed by atoms with E-state index in [4.69, 9.17) is 30.5 Å². The quantitative estimate of drug-likeness (QED) is 0.156. The number of amidine groups is 1. The predicted octanol–water partition coefficient (Wildman–Crippen LogP) is 2.22. The normalized spacial score (nSPS) is 11.2. The van der Waals surface area contributed by atoms with Crippen molar-refractivity contribution in [3.05, 3.63) is 93.7 Å². The fraction of sp³-hybridized carbons (Fsp3) is 0.200. The van der Waals surface area contributed by atoms with E-state index in [-0.39, 0.29) is 35.5 Å². The van der Waals surface area contributed by atoms with E-state index in [2.05, 4.69) is 25.4 Å². The summed E-state index contributed by atoms with van der Waals surface area (Å²) in [6, 6.07) is 10.9. The van der Waals surface area contributed by atoms with Gasteiger partial charge in [0, 0.05) is 43.2 Å². The number of carboxylic acid groups (broad SMARTS) is 1. The van der Waals surface area contributed by atoms with Gasteiger partial charge in [-0.25, -0.2) is 19.2 Å². The van der Waals surface area contributed by atoms with Gasteiger partial charge in [0.1, 0.15) is 11.9 Å². The van der Waals surface area contributed by atoms with E-state index in [1.54, 1.807) is 36.4 Å². The van der Waals surface area contributed by atoms with Crippen molar-refractivity contribution in [3.63, 3.8) is 0 Å². The van der Waals surface area contributed by atoms with Gasteiger partial charge in [-0.2, -0.15) is 0 Å². The average molecular weight is 539 g/mol. The molecule has 39 heavy (non-hydrogen) atoms. The third-order valence-electron chi connectivity index (χ3n) is 5.15. The number of nitrogen functional groups attached to an aromatic ring is 1. The number of nitrogens with two attached hydrogens (primary N) is 1. The number of nitrogens with one attached hydrogen (secondary N) is 3. The number of ether oxygens (including phenoxy) is 2. The molecule has 4 rings (SSSR count). The Morgan fingerprint density at radius 1 is 1.23 bits per heavy atom. The fourth-order valence-electron chi connectivity index (χ4n) is 3.48. The Labute approximate surface area is 222 Å². The number of nitrogens with zero attached hydrogens (tertiary/aromatic N) is 4. The van der Waals surface area contributed by atoms with Crippen molar-refractivity contribution in [2.45, 2.75) is 19.6 Å². The molecule has 0 radical (unpaired) electrons. The minimum atomic E-state index is -0.833. The number of aromatic nitrogens is 5. The van der Waals surface area contributed by atoms with Gasteiger partial charge in [-0.1, -0.05) is 0 Å². The first-order chi connectivity index (χ1) is 18.6. The van der Waals surface area contributed by atoms with E-state index >= 15 is 0 Å². The van der Waals surface area contributed by atoms with Crippen molar-refractivity contribution in [1.29, 1.82) is 5.41 Å². The van der Waals surface area contributed by atoms with Crippen LogP contribution in [0.2, 0.25) is 0 Å². The zero-order valence-corrected chi connectivity index (χ0v) is 21.3. The van der Waals surface area contributed by atoms with Gasteiger partial charge in [0.2, 0.25) is 0 Å². The van der Waals surface area contributed by atoms with Crippen LogP contribution < -0.4 is 21.5 Å². The van der Waals surface area contributed by atoms with Crippen LogP contribution in [0.15, 0.2) is 59.7 Å². The maximum Gasteiger partial charge on any atom is 0.350 e. The average Bonchev–Trinajstić information content (AvgIpc) is 3.30. The number of hydrogen-bond acceptors (Lipinski definition) is 9. The van der Waals surface area contributed by atoms with Gasteiger partial charge in [0.25, 0.3) is 11.9 Å². The van der Waals surface area contributed by atoms with Gasteiger partial charge in [0.05, 0.1) is 13.7 Å². The second-order valence-electron chi connectivity index (χ2n) is 7.99. The molecule has 0 unspecified atom stereocenters. The molecule has 2 heterocycles. The second kappa shape index (κ2) is 12.9. The first-order valence-corrected chi connectivity index (χ1v) is 11.4. The summed E-state index contributed by atoms with van der Waals surface area (Å²) in [5.41, 5.74) is 7.03. The van der Waals surface area contributed by atoms with Crippen LogP contribution in [0.1, 0.15) is 35.5 Å². The van der Waals surface area contributed by atoms with E-state index in [0.717, 1.165) is 11.6 Å². The lowest BCUT2D eigenvalue weighted by molar-refractivity contribution is -0.134. The highest BCUT2D eigenvalue weighted by Crippen LogP contribution is 2.31. The minimum absolute atomic E-state index is 0.0128. The second-order valence-corrected chi connectivity index (χ2v) is 7.99. The highest BCUT2D eigenvalue weighted by Gasteiger charge is 2.24. The summed E-state index contributed by atoms with van der Waals surface area (Å²) in [7, 11) is 2.83. The van der Waals surface area contributed by atoms with Crippen LogP contribution >= 0.6 is 0 Å². The maximum atomic E-state index is 14.8. The Kier molecular flexibility index (Phi) is 9.43. The molecule has 0 saturated carbocycles. The molecule has 0 aliphatic rings. The number of H-pyrrole nitrogens is 1. The van der Waals surface area contributed by atoms with Gasteiger partial charge in [-0.05, 0) is 48.0 Å². The lowest BCUT2D eigenvalue weighted by Crippen LogP contribution is -2.18. The lowest BCUT2D eigenvalue weighted by atomic mass is 10.0. The molecule has 0 aliphatic carbocycles. The molecule has 0 amide bonds. The highest BCUT2D eigenvalue weighted by atomic mass is 19.1. The van der Waals surface area contributed by atoms with Crippen LogP contribution in [0.3, 0.4) is 0 Å². The zero-order chi connectivity index (χ0) is 28.5. The van der Waals surface area contributed by atoms with Crippen LogP contribution in [-0.4, -0.2) is 55.9 Å². The number of aromatic amines is 1. The summed E-state index contributed by atoms with van der Waals surface area (Å²) in [5, 5.41) is 22.7. The number of methoxy groups -OCH3 is 2. The topological polar surface area (TPSA) is 194 Å². The van der Waals surface area contributed by atoms with Crippen molar-refractivity contribution in [2.24, 2.45) is 5.73 Å². The van der Waals surface area contributed by atoms with Crippen LogP contribution in [0.25, 0.3) is 5.95 Å². The summed E-state index contributed by atoms with van der Waals surface area (Å²) in [6.45, 7) is 1.10. The molecular formula is C25H27FN8O5. The number of rotatable bonds is 9. The Bertz CT molecular complexity index is 1480. The minimum Gasteiger partial charge on any atom is -0.494 e. The molecule has 6 N–H and O–H groups in total. The molecule has 0 fully saturated rings. The van der Waals surface area contributed by atoms with Gasteiger partial charge < -0.3 is 25.6 Å². The number of benzene rings is 2. The van der Waals surface area contributed by atoms with Crippen molar-refractivity contribution in [1.82, 2.24) is 24.7 Å². The van der Waals surface area contributed by atoms with Crippen molar-refractivity contribution in [3.8, 4) is 11.7 Å². The Hall–Kier alpha value is -5.11. The zero-order valence-electron chi connectivity index (χ0n) is 21.3. The molecule has 14 heteroatoms. The Morgan fingerprint density at radius 3 is 2.44 bits per heavy atom. The molecule has 0 spiro atoms. The van der Waals surface area contributed by atoms with E-state index in [1.807, 2.05) is 0 Å². The van der Waals surface area contributed by atoms with E-state index < -0.39 is 23.5 Å². The van der Waals surface area contributed by atoms with Gasteiger partial charge in [0.15, 0.2) is 17.4 Å². The van der Waals surface area contributed by atoms with Crippen LogP contribution in [0.4, 0.5) is 10.1 Å². The molecule has 0 bridgehead atoms. The van der Waals surface area contributed by atoms with E-state index in [1.165, 1.54) is 32.7 Å². The molecule has 0 aliphatic heterocycles. The monoisotopic (exact) mass is 538 g/mol. The molecular weight excluding hydrogens is 511 g/mol. The summed E-state index contributed by atoms with van der Waals surface area (Å²) in [5.74, 6) is -1.09. The number of aliphatic carboxylic acids is 1. The van der Waals surface area contributed by atoms with Gasteiger partial charge >= 0.3 is 5.69 Å². The molecule has 0 saturated heterocycles. The molecule has 1 atom stereocenters. The largest absolute Gasteiger partial charge is 0.494 e. The molecule has 2 aromatic heterocycles. The van der Waals surface area contributed by atoms with Crippen molar-refractivity contribution < 1.29 is 23.8 Å². The molecule has 2 aromatic carbocycles. The van der Waals surface area contributed by atoms with Gasteiger partial charge in [-0.15, -0.1) is 9.78 Å². The standard InChI is InChI=1S/C23H23FN8O3.C2H4O2/c1-34-12-15-10-14(11-17(35-2)18(15)24)19(29-16-6-4-13(5-7-16)20(25)26)21-30-23(33)32(31-21)22-27-8-3-9-28-22;1-2(3)4/h3-11,19,29H,12H2,1-2H3,(H3,25,26)(H,30,31,33);1H3,(H,3,4)/t19-;/m0./s1. The maximum absolute atomic E-state index is 14.8. The number of hydrogen-bond donors (Lipinski definition) is 5. The summed E-state index contributed by atoms with van der Waals surface area (Å²) in [4.78, 5) is 32.6. The van der Waals surface area contributed by atoms with E-state index in [9.17, 15) is 9.18 Å². The number of carbonyl (C=O) groups is 1. The van der Waals surface area contributed by atoms with Crippen molar-refractivity contribution in [2.75, 3.05) is 19.5 Å². The third kappa shape index (κ3) is 7.23. The Balaban J connectivity index is 0.000000983. The first kappa shape index (κ1) is 28.5. The lowest BCUT2D eigenvalue weighted by Gasteiger charge is -2.20. The third-order valence-corrected chi connectivity index (χ3v) is 5.15. The first-order valence-electron chi connectivity index (χ1n) is 11.4. The summed E-state index contributed by atoms with van der Waals surface area (Å²) < 4.78 is 26.2. The Morgan fingerprint density at radius 2 is 1.87 bits per heavy atom. The smallest absolute Gasteiger partial charge is 0.350 e. The van der Waals surface area contributed by atoms with Gasteiger partial charge in [-0.3, -0.25) is 15.2 Å². The molecule has 4 aromatic rings. The molecule has 13 nitrogen and oxygen atoms in total. The predicted molar refractivity (Wildman–Crippen MR) is 140 cm³/mol. The number of halogens is 1. The molecule has 204 valence electrons. The van der Waals surface area contributed by atoms with E-state index in [0.29, 0.717) is 16.8 Å². The fourth-order valence-corrected chi connectivity index (χ4v) is 3.48.